The first-order valence-electron chi connectivity index (χ1n) is 11.8. The van der Waals surface area contributed by atoms with E-state index < -0.39 is 17.7 Å². The standard InChI is InChI=1S/C29H28ClNO6/c1-17(2)37-21-10-7-9-18(14-21)26-25(27(32)22-15-20(30)12-13-24(22)36-4)28(33)29(34)31(26)16-19-8-5-6-11-23(19)35-3/h5-15,17,26,32H,16H2,1-4H3/b27-25+. The van der Waals surface area contributed by atoms with Crippen molar-refractivity contribution in [1.82, 2.24) is 4.90 Å². The number of aliphatic hydroxyl groups excluding tert-OH is 1. The van der Waals surface area contributed by atoms with Gasteiger partial charge in [-0.1, -0.05) is 41.9 Å². The smallest absolute Gasteiger partial charge is 0.295 e. The van der Waals surface area contributed by atoms with Crippen molar-refractivity contribution in [3.05, 3.63) is 94.0 Å². The molecule has 1 aliphatic rings. The monoisotopic (exact) mass is 521 g/mol. The molecule has 1 N–H and O–H groups in total. The van der Waals surface area contributed by atoms with Crippen LogP contribution in [-0.4, -0.2) is 42.0 Å². The average molecular weight is 522 g/mol. The van der Waals surface area contributed by atoms with Crippen LogP contribution < -0.4 is 14.2 Å². The maximum absolute atomic E-state index is 13.5. The number of benzene rings is 3. The van der Waals surface area contributed by atoms with Crippen molar-refractivity contribution < 1.29 is 28.9 Å². The lowest BCUT2D eigenvalue weighted by Gasteiger charge is -2.26. The minimum atomic E-state index is -0.899. The summed E-state index contributed by atoms with van der Waals surface area (Å²) >= 11 is 6.20. The maximum Gasteiger partial charge on any atom is 0.295 e. The molecule has 8 heteroatoms. The van der Waals surface area contributed by atoms with E-state index in [4.69, 9.17) is 25.8 Å². The van der Waals surface area contributed by atoms with Gasteiger partial charge in [-0.3, -0.25) is 9.59 Å². The topological polar surface area (TPSA) is 85.3 Å². The van der Waals surface area contributed by atoms with Gasteiger partial charge in [0.1, 0.15) is 23.0 Å². The second-order valence-electron chi connectivity index (χ2n) is 8.82. The largest absolute Gasteiger partial charge is 0.507 e. The van der Waals surface area contributed by atoms with Crippen molar-refractivity contribution >= 4 is 29.1 Å². The minimum Gasteiger partial charge on any atom is -0.507 e. The zero-order chi connectivity index (χ0) is 26.7. The van der Waals surface area contributed by atoms with Crippen molar-refractivity contribution in [2.75, 3.05) is 14.2 Å². The van der Waals surface area contributed by atoms with E-state index in [1.807, 2.05) is 32.0 Å². The summed E-state index contributed by atoms with van der Waals surface area (Å²) in [5.74, 6) is -0.454. The number of halogens is 1. The summed E-state index contributed by atoms with van der Waals surface area (Å²) in [6.07, 6.45) is -0.0779. The van der Waals surface area contributed by atoms with E-state index in [1.54, 1.807) is 49.6 Å². The van der Waals surface area contributed by atoms with Gasteiger partial charge in [0.2, 0.25) is 0 Å². The molecule has 1 atom stereocenters. The van der Waals surface area contributed by atoms with E-state index in [0.717, 1.165) is 0 Å². The highest BCUT2D eigenvalue weighted by Gasteiger charge is 2.46. The molecular weight excluding hydrogens is 494 g/mol. The van der Waals surface area contributed by atoms with Gasteiger partial charge in [0.05, 0.1) is 44.0 Å². The van der Waals surface area contributed by atoms with Gasteiger partial charge in [0.15, 0.2) is 0 Å². The number of rotatable bonds is 8. The van der Waals surface area contributed by atoms with Crippen LogP contribution in [0.15, 0.2) is 72.3 Å². The maximum atomic E-state index is 13.5. The fourth-order valence-corrected chi connectivity index (χ4v) is 4.62. The Hall–Kier alpha value is -3.97. The summed E-state index contributed by atoms with van der Waals surface area (Å²) in [5, 5.41) is 11.8. The molecule has 192 valence electrons. The Kier molecular flexibility index (Phi) is 7.74. The van der Waals surface area contributed by atoms with Crippen molar-refractivity contribution in [3.8, 4) is 17.2 Å². The molecule has 1 heterocycles. The van der Waals surface area contributed by atoms with Gasteiger partial charge in [-0.15, -0.1) is 0 Å². The molecule has 1 saturated heterocycles. The average Bonchev–Trinajstić information content (AvgIpc) is 3.13. The number of aliphatic hydroxyl groups is 1. The number of Topliss-reactive ketones (excluding diaryl/α,β-unsaturated/α-hetero) is 1. The first-order valence-corrected chi connectivity index (χ1v) is 12.1. The molecule has 0 bridgehead atoms. The number of hydrogen-bond acceptors (Lipinski definition) is 6. The molecule has 3 aromatic rings. The Labute approximate surface area is 220 Å². The van der Waals surface area contributed by atoms with Crippen molar-refractivity contribution in [2.24, 2.45) is 0 Å². The number of para-hydroxylation sites is 1. The SMILES string of the molecule is COc1ccccc1CN1C(=O)C(=O)/C(=C(/O)c2cc(Cl)ccc2OC)C1c1cccc(OC(C)C)c1. The molecule has 1 amide bonds. The number of carbonyl (C=O) groups excluding carboxylic acids is 2. The molecule has 7 nitrogen and oxygen atoms in total. The fraction of sp³-hybridized carbons (Fsp3) is 0.241. The fourth-order valence-electron chi connectivity index (χ4n) is 4.45. The second kappa shape index (κ2) is 11.0. The van der Waals surface area contributed by atoms with Crippen LogP contribution in [0.25, 0.3) is 5.76 Å². The molecule has 0 aliphatic carbocycles. The van der Waals surface area contributed by atoms with E-state index in [-0.39, 0.29) is 29.5 Å². The van der Waals surface area contributed by atoms with Gasteiger partial charge in [-0.2, -0.15) is 0 Å². The van der Waals surface area contributed by atoms with E-state index in [2.05, 4.69) is 0 Å². The number of nitrogens with zero attached hydrogens (tertiary/aromatic N) is 1. The number of methoxy groups -OCH3 is 2. The minimum absolute atomic E-state index is 0.0674. The molecule has 0 radical (unpaired) electrons. The first kappa shape index (κ1) is 26.1. The number of ether oxygens (including phenoxy) is 3. The van der Waals surface area contributed by atoms with E-state index in [0.29, 0.717) is 33.4 Å². The number of hydrogen-bond donors (Lipinski definition) is 1. The molecule has 3 aromatic carbocycles. The molecule has 1 fully saturated rings. The van der Waals surface area contributed by atoms with E-state index >= 15 is 0 Å². The van der Waals surface area contributed by atoms with Gasteiger partial charge in [-0.05, 0) is 55.8 Å². The number of ketones is 1. The third-order valence-corrected chi connectivity index (χ3v) is 6.27. The molecule has 1 unspecified atom stereocenters. The highest BCUT2D eigenvalue weighted by Crippen LogP contribution is 2.43. The van der Waals surface area contributed by atoms with Crippen molar-refractivity contribution in [1.29, 1.82) is 0 Å². The Morgan fingerprint density at radius 3 is 2.41 bits per heavy atom. The van der Waals surface area contributed by atoms with Crippen molar-refractivity contribution in [2.45, 2.75) is 32.5 Å². The lowest BCUT2D eigenvalue weighted by Crippen LogP contribution is -2.29. The summed E-state index contributed by atoms with van der Waals surface area (Å²) in [4.78, 5) is 28.3. The Morgan fingerprint density at radius 2 is 1.70 bits per heavy atom. The Morgan fingerprint density at radius 1 is 0.973 bits per heavy atom. The second-order valence-corrected chi connectivity index (χ2v) is 9.26. The highest BCUT2D eigenvalue weighted by molar-refractivity contribution is 6.46. The molecular formula is C29H28ClNO6. The third-order valence-electron chi connectivity index (χ3n) is 6.04. The summed E-state index contributed by atoms with van der Waals surface area (Å²) in [7, 11) is 2.99. The third kappa shape index (κ3) is 5.27. The lowest BCUT2D eigenvalue weighted by atomic mass is 9.94. The first-order chi connectivity index (χ1) is 17.7. The highest BCUT2D eigenvalue weighted by atomic mass is 35.5. The van der Waals surface area contributed by atoms with Gasteiger partial charge in [-0.25, -0.2) is 0 Å². The van der Waals surface area contributed by atoms with Crippen LogP contribution in [0.4, 0.5) is 0 Å². The van der Waals surface area contributed by atoms with E-state index in [9.17, 15) is 14.7 Å². The van der Waals surface area contributed by atoms with Gasteiger partial charge < -0.3 is 24.2 Å². The quantitative estimate of drug-likeness (QED) is 0.230. The van der Waals surface area contributed by atoms with Crippen LogP contribution in [-0.2, 0) is 16.1 Å². The molecule has 0 saturated carbocycles. The Bertz CT molecular complexity index is 1370. The van der Waals surface area contributed by atoms with Crippen LogP contribution in [0, 0.1) is 0 Å². The zero-order valence-electron chi connectivity index (χ0n) is 21.0. The molecule has 0 aromatic heterocycles. The summed E-state index contributed by atoms with van der Waals surface area (Å²) in [5.41, 5.74) is 1.47. The lowest BCUT2D eigenvalue weighted by molar-refractivity contribution is -0.140. The van der Waals surface area contributed by atoms with Gasteiger partial charge in [0.25, 0.3) is 11.7 Å². The number of amides is 1. The number of carbonyl (C=O) groups is 2. The molecule has 1 aliphatic heterocycles. The van der Waals surface area contributed by atoms with E-state index in [1.165, 1.54) is 18.1 Å². The predicted molar refractivity (Wildman–Crippen MR) is 141 cm³/mol. The van der Waals surface area contributed by atoms with Crippen LogP contribution >= 0.6 is 11.6 Å². The number of likely N-dealkylation sites (tertiary alicyclic amines) is 1. The van der Waals surface area contributed by atoms with Gasteiger partial charge >= 0.3 is 0 Å². The van der Waals surface area contributed by atoms with Crippen molar-refractivity contribution in [3.63, 3.8) is 0 Å². The summed E-state index contributed by atoms with van der Waals surface area (Å²) in [6.45, 7) is 3.90. The molecule has 37 heavy (non-hydrogen) atoms. The van der Waals surface area contributed by atoms with Crippen LogP contribution in [0.2, 0.25) is 5.02 Å². The van der Waals surface area contributed by atoms with Crippen LogP contribution in [0.3, 0.4) is 0 Å². The summed E-state index contributed by atoms with van der Waals surface area (Å²) < 4.78 is 16.7. The van der Waals surface area contributed by atoms with Crippen LogP contribution in [0.1, 0.15) is 36.6 Å². The zero-order valence-corrected chi connectivity index (χ0v) is 21.8. The molecule has 4 rings (SSSR count). The van der Waals surface area contributed by atoms with Crippen LogP contribution in [0.5, 0.6) is 17.2 Å². The van der Waals surface area contributed by atoms with Gasteiger partial charge in [0, 0.05) is 10.6 Å². The normalized spacial score (nSPS) is 16.8. The Balaban J connectivity index is 1.92. The summed E-state index contributed by atoms with van der Waals surface area (Å²) in [6, 6.07) is 18.2. The molecule has 0 spiro atoms. The predicted octanol–water partition coefficient (Wildman–Crippen LogP) is 5.77.